The summed E-state index contributed by atoms with van der Waals surface area (Å²) in [6, 6.07) is 4.69. The standard InChI is InChI=1S/C15H13F3N4O/c1-2-13(23)21-7-8-22-12(9-21)19-14(20-22)10-3-5-11(6-4-10)15(16,17)18/h2-6H,1,7-9H2. The van der Waals surface area contributed by atoms with E-state index in [9.17, 15) is 18.0 Å². The molecule has 0 radical (unpaired) electrons. The number of rotatable bonds is 2. The van der Waals surface area contributed by atoms with E-state index in [2.05, 4.69) is 16.7 Å². The van der Waals surface area contributed by atoms with Crippen molar-refractivity contribution >= 4 is 5.91 Å². The first-order valence-electron chi connectivity index (χ1n) is 6.91. The van der Waals surface area contributed by atoms with E-state index >= 15 is 0 Å². The van der Waals surface area contributed by atoms with Crippen molar-refractivity contribution in [1.29, 1.82) is 0 Å². The van der Waals surface area contributed by atoms with E-state index in [-0.39, 0.29) is 5.91 Å². The van der Waals surface area contributed by atoms with Gasteiger partial charge in [-0.25, -0.2) is 9.67 Å². The van der Waals surface area contributed by atoms with Crippen molar-refractivity contribution in [1.82, 2.24) is 19.7 Å². The highest BCUT2D eigenvalue weighted by atomic mass is 19.4. The summed E-state index contributed by atoms with van der Waals surface area (Å²) >= 11 is 0. The zero-order valence-corrected chi connectivity index (χ0v) is 12.0. The van der Waals surface area contributed by atoms with E-state index in [0.29, 0.717) is 36.8 Å². The molecule has 2 aromatic rings. The Labute approximate surface area is 130 Å². The van der Waals surface area contributed by atoms with E-state index in [4.69, 9.17) is 0 Å². The molecule has 0 saturated heterocycles. The summed E-state index contributed by atoms with van der Waals surface area (Å²) in [5.41, 5.74) is -0.213. The Morgan fingerprint density at radius 1 is 1.22 bits per heavy atom. The normalized spacial score (nSPS) is 14.5. The van der Waals surface area contributed by atoms with Crippen LogP contribution < -0.4 is 0 Å². The third kappa shape index (κ3) is 2.96. The number of benzene rings is 1. The first-order valence-corrected chi connectivity index (χ1v) is 6.91. The van der Waals surface area contributed by atoms with Gasteiger partial charge in [-0.2, -0.15) is 18.3 Å². The fraction of sp³-hybridized carbons (Fsp3) is 0.267. The summed E-state index contributed by atoms with van der Waals surface area (Å²) in [4.78, 5) is 17.5. The molecule has 0 aliphatic carbocycles. The number of halogens is 3. The molecule has 8 heteroatoms. The highest BCUT2D eigenvalue weighted by Crippen LogP contribution is 2.30. The second-order valence-electron chi connectivity index (χ2n) is 5.11. The Kier molecular flexibility index (Phi) is 3.67. The predicted octanol–water partition coefficient (Wildman–Crippen LogP) is 2.49. The quantitative estimate of drug-likeness (QED) is 0.798. The van der Waals surface area contributed by atoms with Crippen LogP contribution in [0.2, 0.25) is 0 Å². The smallest absolute Gasteiger partial charge is 0.330 e. The Morgan fingerprint density at radius 3 is 2.52 bits per heavy atom. The lowest BCUT2D eigenvalue weighted by Gasteiger charge is -2.25. The van der Waals surface area contributed by atoms with Gasteiger partial charge in [0.25, 0.3) is 0 Å². The Morgan fingerprint density at radius 2 is 1.91 bits per heavy atom. The molecular weight excluding hydrogens is 309 g/mol. The van der Waals surface area contributed by atoms with Gasteiger partial charge < -0.3 is 4.90 Å². The van der Waals surface area contributed by atoms with Crippen LogP contribution in [-0.4, -0.2) is 32.1 Å². The zero-order valence-electron chi connectivity index (χ0n) is 12.0. The number of amides is 1. The largest absolute Gasteiger partial charge is 0.416 e. The lowest BCUT2D eigenvalue weighted by atomic mass is 10.1. The van der Waals surface area contributed by atoms with Crippen molar-refractivity contribution in [2.24, 2.45) is 0 Å². The number of aromatic nitrogens is 3. The number of carbonyl (C=O) groups excluding carboxylic acids is 1. The summed E-state index contributed by atoms with van der Waals surface area (Å²) in [6.45, 7) is 4.73. The highest BCUT2D eigenvalue weighted by Gasteiger charge is 2.30. The molecule has 1 amide bonds. The summed E-state index contributed by atoms with van der Waals surface area (Å²) in [5.74, 6) is 0.762. The van der Waals surface area contributed by atoms with Crippen molar-refractivity contribution in [3.05, 3.63) is 48.3 Å². The maximum Gasteiger partial charge on any atom is 0.416 e. The molecular formula is C15H13F3N4O. The van der Waals surface area contributed by atoms with Crippen molar-refractivity contribution in [2.75, 3.05) is 6.54 Å². The molecule has 0 saturated carbocycles. The number of alkyl halides is 3. The predicted molar refractivity (Wildman–Crippen MR) is 76.1 cm³/mol. The van der Waals surface area contributed by atoms with E-state index in [1.54, 1.807) is 9.58 Å². The Balaban J connectivity index is 1.85. The van der Waals surface area contributed by atoms with Gasteiger partial charge in [-0.05, 0) is 18.2 Å². The minimum atomic E-state index is -4.37. The SMILES string of the molecule is C=CC(=O)N1CCn2nc(-c3ccc(C(F)(F)F)cc3)nc2C1. The third-order valence-electron chi connectivity index (χ3n) is 3.62. The fourth-order valence-electron chi connectivity index (χ4n) is 2.38. The average molecular weight is 322 g/mol. The van der Waals surface area contributed by atoms with Crippen molar-refractivity contribution < 1.29 is 18.0 Å². The first-order chi connectivity index (χ1) is 10.9. The lowest BCUT2D eigenvalue weighted by Crippen LogP contribution is -2.37. The van der Waals surface area contributed by atoms with Gasteiger partial charge in [0, 0.05) is 12.1 Å². The fourth-order valence-corrected chi connectivity index (χ4v) is 2.38. The van der Waals surface area contributed by atoms with Gasteiger partial charge in [0.05, 0.1) is 18.7 Å². The Hall–Kier alpha value is -2.64. The summed E-state index contributed by atoms with van der Waals surface area (Å²) in [5, 5.41) is 4.29. The van der Waals surface area contributed by atoms with Crippen LogP contribution in [0.1, 0.15) is 11.4 Å². The molecule has 0 bridgehead atoms. The van der Waals surface area contributed by atoms with E-state index in [1.165, 1.54) is 18.2 Å². The van der Waals surface area contributed by atoms with Crippen LogP contribution in [0.4, 0.5) is 13.2 Å². The van der Waals surface area contributed by atoms with Crippen LogP contribution in [-0.2, 0) is 24.1 Å². The van der Waals surface area contributed by atoms with Crippen LogP contribution >= 0.6 is 0 Å². The van der Waals surface area contributed by atoms with Crippen molar-refractivity contribution in [3.63, 3.8) is 0 Å². The number of fused-ring (bicyclic) bond motifs is 1. The van der Waals surface area contributed by atoms with Gasteiger partial charge >= 0.3 is 6.18 Å². The lowest BCUT2D eigenvalue weighted by molar-refractivity contribution is -0.137. The molecule has 1 aliphatic rings. The number of nitrogens with zero attached hydrogens (tertiary/aromatic N) is 4. The minimum absolute atomic E-state index is 0.185. The van der Waals surface area contributed by atoms with Crippen LogP contribution in [0.3, 0.4) is 0 Å². The maximum absolute atomic E-state index is 12.6. The molecule has 0 N–H and O–H groups in total. The van der Waals surface area contributed by atoms with Crippen LogP contribution in [0.5, 0.6) is 0 Å². The summed E-state index contributed by atoms with van der Waals surface area (Å²) in [7, 11) is 0. The van der Waals surface area contributed by atoms with E-state index < -0.39 is 11.7 Å². The molecule has 0 spiro atoms. The van der Waals surface area contributed by atoms with Crippen LogP contribution in [0.15, 0.2) is 36.9 Å². The van der Waals surface area contributed by atoms with Gasteiger partial charge in [0.15, 0.2) is 5.82 Å². The molecule has 0 unspecified atom stereocenters. The van der Waals surface area contributed by atoms with E-state index in [0.717, 1.165) is 12.1 Å². The molecule has 0 fully saturated rings. The van der Waals surface area contributed by atoms with Gasteiger partial charge in [-0.3, -0.25) is 4.79 Å². The third-order valence-corrected chi connectivity index (χ3v) is 3.62. The second-order valence-corrected chi connectivity index (χ2v) is 5.11. The second kappa shape index (κ2) is 5.53. The zero-order chi connectivity index (χ0) is 16.6. The van der Waals surface area contributed by atoms with Crippen LogP contribution in [0, 0.1) is 0 Å². The van der Waals surface area contributed by atoms with Crippen molar-refractivity contribution in [3.8, 4) is 11.4 Å². The van der Waals surface area contributed by atoms with Gasteiger partial charge in [-0.15, -0.1) is 0 Å². The summed E-state index contributed by atoms with van der Waals surface area (Å²) in [6.07, 6.45) is -3.13. The monoisotopic (exact) mass is 322 g/mol. The first kappa shape index (κ1) is 15.3. The topological polar surface area (TPSA) is 51.0 Å². The van der Waals surface area contributed by atoms with Gasteiger partial charge in [-0.1, -0.05) is 18.7 Å². The van der Waals surface area contributed by atoms with E-state index in [1.807, 2.05) is 0 Å². The molecule has 120 valence electrons. The highest BCUT2D eigenvalue weighted by molar-refractivity contribution is 5.86. The number of hydrogen-bond acceptors (Lipinski definition) is 3. The Bertz CT molecular complexity index is 749. The molecule has 23 heavy (non-hydrogen) atoms. The van der Waals surface area contributed by atoms with Gasteiger partial charge in [0.2, 0.25) is 5.91 Å². The van der Waals surface area contributed by atoms with Crippen LogP contribution in [0.25, 0.3) is 11.4 Å². The number of hydrogen-bond donors (Lipinski definition) is 0. The van der Waals surface area contributed by atoms with Gasteiger partial charge in [0.1, 0.15) is 5.82 Å². The molecule has 1 aliphatic heterocycles. The average Bonchev–Trinajstić information content (AvgIpc) is 2.96. The molecule has 0 atom stereocenters. The maximum atomic E-state index is 12.6. The molecule has 2 heterocycles. The van der Waals surface area contributed by atoms with Crippen molar-refractivity contribution in [2.45, 2.75) is 19.3 Å². The molecule has 5 nitrogen and oxygen atoms in total. The molecule has 1 aromatic heterocycles. The number of carbonyl (C=O) groups is 1. The summed E-state index contributed by atoms with van der Waals surface area (Å²) < 4.78 is 39.4. The minimum Gasteiger partial charge on any atom is -0.330 e. The molecule has 1 aromatic carbocycles. The molecule has 3 rings (SSSR count).